The van der Waals surface area contributed by atoms with Crippen LogP contribution in [0, 0.1) is 0 Å². The van der Waals surface area contributed by atoms with E-state index in [2.05, 4.69) is 40.0 Å². The number of rotatable bonds is 8. The SMILES string of the molecule is CCCCc1nc2c(N)nc3ccccc3c2n1C/C=C/CNC1CN(C(=O)OC(C)(C)C)C1. The van der Waals surface area contributed by atoms with Gasteiger partial charge in [0.2, 0.25) is 0 Å². The predicted octanol–water partition coefficient (Wildman–Crippen LogP) is 4.27. The van der Waals surface area contributed by atoms with E-state index in [0.717, 1.165) is 60.1 Å². The van der Waals surface area contributed by atoms with Crippen LogP contribution in [0.1, 0.15) is 46.4 Å². The van der Waals surface area contributed by atoms with Crippen LogP contribution in [-0.2, 0) is 17.7 Å². The van der Waals surface area contributed by atoms with Crippen molar-refractivity contribution in [2.24, 2.45) is 0 Å². The molecule has 0 unspecified atom stereocenters. The number of aryl methyl sites for hydroxylation is 1. The lowest BCUT2D eigenvalue weighted by molar-refractivity contribution is 0.00570. The number of aromatic nitrogens is 3. The van der Waals surface area contributed by atoms with Gasteiger partial charge in [-0.3, -0.25) is 0 Å². The van der Waals surface area contributed by atoms with Crippen LogP contribution in [-0.4, -0.2) is 56.8 Å². The van der Waals surface area contributed by atoms with Gasteiger partial charge in [0.1, 0.15) is 16.9 Å². The van der Waals surface area contributed by atoms with Crippen molar-refractivity contribution in [2.75, 3.05) is 25.4 Å². The van der Waals surface area contributed by atoms with Gasteiger partial charge in [0.05, 0.1) is 11.0 Å². The number of unbranched alkanes of at least 4 members (excludes halogenated alkanes) is 1. The third-order valence-corrected chi connectivity index (χ3v) is 5.96. The molecule has 1 aliphatic rings. The molecule has 1 aromatic carbocycles. The minimum Gasteiger partial charge on any atom is -0.444 e. The van der Waals surface area contributed by atoms with E-state index in [1.807, 2.05) is 39.0 Å². The fourth-order valence-electron chi connectivity index (χ4n) is 4.21. The number of benzene rings is 1. The van der Waals surface area contributed by atoms with Crippen molar-refractivity contribution in [3.05, 3.63) is 42.2 Å². The molecule has 2 aromatic heterocycles. The number of carbonyl (C=O) groups excluding carboxylic acids is 1. The topological polar surface area (TPSA) is 98.3 Å². The van der Waals surface area contributed by atoms with Gasteiger partial charge < -0.3 is 25.3 Å². The quantitative estimate of drug-likeness (QED) is 0.483. The van der Waals surface area contributed by atoms with Crippen LogP contribution >= 0.6 is 0 Å². The molecule has 8 nitrogen and oxygen atoms in total. The zero-order chi connectivity index (χ0) is 24.3. The Labute approximate surface area is 201 Å². The van der Waals surface area contributed by atoms with E-state index in [1.54, 1.807) is 4.90 Å². The standard InChI is InChI=1S/C26H36N6O2/c1-5-6-13-21-30-22-23(19-11-7-8-12-20(19)29-24(22)27)32(21)15-10-9-14-28-18-16-31(17-18)25(33)34-26(2,3)4/h7-12,18,28H,5-6,13-17H2,1-4H3,(H2,27,29)/b10-9+. The van der Waals surface area contributed by atoms with E-state index in [0.29, 0.717) is 24.9 Å². The highest BCUT2D eigenvalue weighted by Crippen LogP contribution is 2.29. The maximum absolute atomic E-state index is 12.1. The number of para-hydroxylation sites is 1. The Bertz CT molecular complexity index is 1190. The summed E-state index contributed by atoms with van der Waals surface area (Å²) >= 11 is 0. The molecule has 1 saturated heterocycles. The van der Waals surface area contributed by atoms with E-state index >= 15 is 0 Å². The number of ether oxygens (including phenoxy) is 1. The molecule has 0 saturated carbocycles. The van der Waals surface area contributed by atoms with Crippen LogP contribution in [0.25, 0.3) is 21.9 Å². The molecule has 0 bridgehead atoms. The van der Waals surface area contributed by atoms with Crippen molar-refractivity contribution in [3.63, 3.8) is 0 Å². The monoisotopic (exact) mass is 464 g/mol. The van der Waals surface area contributed by atoms with Gasteiger partial charge in [-0.15, -0.1) is 0 Å². The summed E-state index contributed by atoms with van der Waals surface area (Å²) in [6.07, 6.45) is 7.16. The number of hydrogen-bond donors (Lipinski definition) is 2. The van der Waals surface area contributed by atoms with Crippen LogP contribution in [0.15, 0.2) is 36.4 Å². The number of nitrogens with zero attached hydrogens (tertiary/aromatic N) is 4. The number of allylic oxidation sites excluding steroid dienone is 1. The molecule has 4 rings (SSSR count). The van der Waals surface area contributed by atoms with Crippen LogP contribution in [0.3, 0.4) is 0 Å². The number of nitrogens with one attached hydrogen (secondary N) is 1. The maximum Gasteiger partial charge on any atom is 0.410 e. The predicted molar refractivity (Wildman–Crippen MR) is 137 cm³/mol. The fourth-order valence-corrected chi connectivity index (χ4v) is 4.21. The molecule has 0 radical (unpaired) electrons. The summed E-state index contributed by atoms with van der Waals surface area (Å²) < 4.78 is 7.68. The minimum atomic E-state index is -0.460. The van der Waals surface area contributed by atoms with Crippen molar-refractivity contribution in [3.8, 4) is 0 Å². The lowest BCUT2D eigenvalue weighted by atomic mass is 10.1. The van der Waals surface area contributed by atoms with E-state index in [1.165, 1.54) is 0 Å². The molecule has 3 aromatic rings. The Morgan fingerprint density at radius 1 is 1.24 bits per heavy atom. The molecule has 1 fully saturated rings. The molecular formula is C26H36N6O2. The fraction of sp³-hybridized carbons (Fsp3) is 0.500. The van der Waals surface area contributed by atoms with Gasteiger partial charge in [0.15, 0.2) is 5.82 Å². The summed E-state index contributed by atoms with van der Waals surface area (Å²) in [7, 11) is 0. The lowest BCUT2D eigenvalue weighted by Crippen LogP contribution is -2.60. The Balaban J connectivity index is 1.41. The van der Waals surface area contributed by atoms with E-state index in [4.69, 9.17) is 15.5 Å². The van der Waals surface area contributed by atoms with Crippen molar-refractivity contribution < 1.29 is 9.53 Å². The second-order valence-corrected chi connectivity index (χ2v) is 9.92. The van der Waals surface area contributed by atoms with Gasteiger partial charge in [-0.1, -0.05) is 43.7 Å². The highest BCUT2D eigenvalue weighted by atomic mass is 16.6. The molecule has 8 heteroatoms. The minimum absolute atomic E-state index is 0.242. The van der Waals surface area contributed by atoms with E-state index in [9.17, 15) is 4.79 Å². The smallest absolute Gasteiger partial charge is 0.410 e. The Morgan fingerprint density at radius 3 is 2.74 bits per heavy atom. The average molecular weight is 465 g/mol. The van der Waals surface area contributed by atoms with Crippen molar-refractivity contribution >= 4 is 33.8 Å². The number of nitrogens with two attached hydrogens (primary N) is 1. The lowest BCUT2D eigenvalue weighted by Gasteiger charge is -2.40. The van der Waals surface area contributed by atoms with Gasteiger partial charge in [-0.05, 0) is 33.3 Å². The maximum atomic E-state index is 12.1. The largest absolute Gasteiger partial charge is 0.444 e. The van der Waals surface area contributed by atoms with Crippen molar-refractivity contribution in [2.45, 2.75) is 65.1 Å². The first-order valence-electron chi connectivity index (χ1n) is 12.2. The Morgan fingerprint density at radius 2 is 2.00 bits per heavy atom. The van der Waals surface area contributed by atoms with Crippen LogP contribution in [0.2, 0.25) is 0 Å². The highest BCUT2D eigenvalue weighted by molar-refractivity contribution is 6.06. The van der Waals surface area contributed by atoms with Crippen LogP contribution < -0.4 is 11.1 Å². The van der Waals surface area contributed by atoms with Gasteiger partial charge >= 0.3 is 6.09 Å². The summed E-state index contributed by atoms with van der Waals surface area (Å²) in [4.78, 5) is 23.2. The van der Waals surface area contributed by atoms with E-state index in [-0.39, 0.29) is 6.09 Å². The van der Waals surface area contributed by atoms with Crippen molar-refractivity contribution in [1.29, 1.82) is 0 Å². The third-order valence-electron chi connectivity index (χ3n) is 5.96. The number of likely N-dealkylation sites (tertiary alicyclic amines) is 1. The second kappa shape index (κ2) is 10.0. The number of amides is 1. The Hall–Kier alpha value is -3.13. The Kier molecular flexibility index (Phi) is 7.07. The zero-order valence-electron chi connectivity index (χ0n) is 20.7. The molecule has 1 aliphatic heterocycles. The molecule has 0 spiro atoms. The molecule has 34 heavy (non-hydrogen) atoms. The summed E-state index contributed by atoms with van der Waals surface area (Å²) in [5.74, 6) is 1.53. The van der Waals surface area contributed by atoms with Gasteiger partial charge in [-0.2, -0.15) is 0 Å². The first kappa shape index (κ1) is 24.0. The van der Waals surface area contributed by atoms with Crippen LogP contribution in [0.4, 0.5) is 10.6 Å². The second-order valence-electron chi connectivity index (χ2n) is 9.92. The number of fused-ring (bicyclic) bond motifs is 3. The number of carbonyl (C=O) groups is 1. The normalized spacial score (nSPS) is 14.9. The highest BCUT2D eigenvalue weighted by Gasteiger charge is 2.33. The molecule has 3 N–H and O–H groups in total. The number of imidazole rings is 1. The molecular weight excluding hydrogens is 428 g/mol. The number of hydrogen-bond acceptors (Lipinski definition) is 6. The van der Waals surface area contributed by atoms with Gasteiger partial charge in [0.25, 0.3) is 0 Å². The summed E-state index contributed by atoms with van der Waals surface area (Å²) in [5, 5.41) is 4.55. The molecule has 3 heterocycles. The van der Waals surface area contributed by atoms with Gasteiger partial charge in [0, 0.05) is 44.0 Å². The summed E-state index contributed by atoms with van der Waals surface area (Å²) in [6.45, 7) is 10.7. The molecule has 0 aliphatic carbocycles. The molecule has 182 valence electrons. The van der Waals surface area contributed by atoms with Gasteiger partial charge in [-0.25, -0.2) is 14.8 Å². The summed E-state index contributed by atoms with van der Waals surface area (Å²) in [6, 6.07) is 8.38. The molecule has 0 atom stereocenters. The molecule has 1 amide bonds. The van der Waals surface area contributed by atoms with Crippen LogP contribution in [0.5, 0.6) is 0 Å². The average Bonchev–Trinajstić information content (AvgIpc) is 3.11. The number of pyridine rings is 1. The number of nitrogen functional groups attached to an aromatic ring is 1. The summed E-state index contributed by atoms with van der Waals surface area (Å²) in [5.41, 5.74) is 8.55. The first-order valence-corrected chi connectivity index (χ1v) is 12.2. The number of anilines is 1. The first-order chi connectivity index (χ1) is 16.3. The third kappa shape index (κ3) is 5.33. The van der Waals surface area contributed by atoms with Crippen molar-refractivity contribution in [1.82, 2.24) is 24.8 Å². The zero-order valence-corrected chi connectivity index (χ0v) is 20.7. The van der Waals surface area contributed by atoms with E-state index < -0.39 is 5.60 Å².